The van der Waals surface area contributed by atoms with Gasteiger partial charge in [0.05, 0.1) is 0 Å². The molecule has 0 heterocycles. The summed E-state index contributed by atoms with van der Waals surface area (Å²) in [5.41, 5.74) is -0.0851. The topological polar surface area (TPSA) is 40.5 Å². The second kappa shape index (κ2) is 2.57. The summed E-state index contributed by atoms with van der Waals surface area (Å²) in [6.07, 6.45) is 0. The zero-order valence-electron chi connectivity index (χ0n) is 5.70. The van der Waals surface area contributed by atoms with Gasteiger partial charge in [-0.05, 0) is 5.46 Å². The molecule has 1 aromatic rings. The molecule has 0 aliphatic heterocycles. The average Bonchev–Trinajstić information content (AvgIpc) is 1.97. The fourth-order valence-electron chi connectivity index (χ4n) is 0.727. The molecule has 5 heteroatoms. The van der Waals surface area contributed by atoms with Gasteiger partial charge in [-0.1, -0.05) is 17.0 Å². The van der Waals surface area contributed by atoms with Crippen molar-refractivity contribution in [1.29, 1.82) is 0 Å². The Labute approximate surface area is 68.5 Å². The van der Waals surface area contributed by atoms with Gasteiger partial charge in [-0.25, -0.2) is 0 Å². The standard InChI is InChI=1S/C6H3B3O2/c7-2-1-3(8)6(11)4(9)5(2)10/h1,10-11H. The minimum Gasteiger partial charge on any atom is -0.509 e. The number of aromatic hydroxyl groups is 2. The van der Waals surface area contributed by atoms with Gasteiger partial charge in [0.1, 0.15) is 35.0 Å². The molecular weight excluding hydrogens is 136 g/mol. The average molecular weight is 140 g/mol. The maximum Gasteiger partial charge on any atom is 0.124 e. The van der Waals surface area contributed by atoms with Crippen LogP contribution in [0.2, 0.25) is 0 Å². The van der Waals surface area contributed by atoms with Crippen LogP contribution in [0.5, 0.6) is 11.5 Å². The second-order valence-corrected chi connectivity index (χ2v) is 2.17. The molecule has 0 aliphatic carbocycles. The Morgan fingerprint density at radius 3 is 1.64 bits per heavy atom. The van der Waals surface area contributed by atoms with Crippen LogP contribution < -0.4 is 16.4 Å². The van der Waals surface area contributed by atoms with Gasteiger partial charge in [-0.2, -0.15) is 0 Å². The van der Waals surface area contributed by atoms with E-state index in [1.165, 1.54) is 6.07 Å². The van der Waals surface area contributed by atoms with Crippen LogP contribution in [0.1, 0.15) is 0 Å². The molecule has 0 saturated carbocycles. The smallest absolute Gasteiger partial charge is 0.124 e. The second-order valence-electron chi connectivity index (χ2n) is 2.17. The van der Waals surface area contributed by atoms with Crippen molar-refractivity contribution in [2.45, 2.75) is 0 Å². The van der Waals surface area contributed by atoms with Crippen molar-refractivity contribution < 1.29 is 10.2 Å². The maximum atomic E-state index is 9.05. The molecule has 11 heavy (non-hydrogen) atoms. The Morgan fingerprint density at radius 1 is 0.909 bits per heavy atom. The number of phenols is 2. The molecule has 6 radical (unpaired) electrons. The van der Waals surface area contributed by atoms with E-state index in [4.69, 9.17) is 33.8 Å². The highest BCUT2D eigenvalue weighted by Crippen LogP contribution is 2.05. The van der Waals surface area contributed by atoms with E-state index in [1.807, 2.05) is 0 Å². The first kappa shape index (κ1) is 8.11. The van der Waals surface area contributed by atoms with Crippen LogP contribution in [0.4, 0.5) is 0 Å². The van der Waals surface area contributed by atoms with E-state index in [2.05, 4.69) is 0 Å². The molecule has 0 fully saturated rings. The van der Waals surface area contributed by atoms with Gasteiger partial charge in [-0.15, -0.1) is 0 Å². The largest absolute Gasteiger partial charge is 0.509 e. The summed E-state index contributed by atoms with van der Waals surface area (Å²) in [5.74, 6) is -0.673. The molecule has 1 aromatic carbocycles. The zero-order chi connectivity index (χ0) is 8.59. The Kier molecular flexibility index (Phi) is 1.89. The quantitative estimate of drug-likeness (QED) is 0.390. The highest BCUT2D eigenvalue weighted by Gasteiger charge is 2.06. The van der Waals surface area contributed by atoms with Crippen molar-refractivity contribution in [2.24, 2.45) is 0 Å². The minimum absolute atomic E-state index is 0.0535. The van der Waals surface area contributed by atoms with Gasteiger partial charge in [0.15, 0.2) is 0 Å². The van der Waals surface area contributed by atoms with Crippen LogP contribution in [-0.2, 0) is 0 Å². The number of rotatable bonds is 0. The molecule has 2 nitrogen and oxygen atoms in total. The van der Waals surface area contributed by atoms with E-state index < -0.39 is 0 Å². The van der Waals surface area contributed by atoms with Gasteiger partial charge in [-0.3, -0.25) is 0 Å². The lowest BCUT2D eigenvalue weighted by Crippen LogP contribution is -2.24. The van der Waals surface area contributed by atoms with Crippen molar-refractivity contribution in [3.05, 3.63) is 6.07 Å². The van der Waals surface area contributed by atoms with Crippen molar-refractivity contribution in [1.82, 2.24) is 0 Å². The first-order valence-corrected chi connectivity index (χ1v) is 2.89. The lowest BCUT2D eigenvalue weighted by molar-refractivity contribution is 0.464. The van der Waals surface area contributed by atoms with Gasteiger partial charge in [0, 0.05) is 0 Å². The monoisotopic (exact) mass is 140 g/mol. The van der Waals surface area contributed by atoms with E-state index in [1.54, 1.807) is 0 Å². The summed E-state index contributed by atoms with van der Waals surface area (Å²) in [6, 6.07) is 1.24. The number of hydrogen-bond donors (Lipinski definition) is 2. The first-order chi connectivity index (χ1) is 5.04. The maximum absolute atomic E-state index is 9.05. The summed E-state index contributed by atoms with van der Waals surface area (Å²) in [6.45, 7) is 0. The molecule has 48 valence electrons. The van der Waals surface area contributed by atoms with E-state index in [0.717, 1.165) is 0 Å². The van der Waals surface area contributed by atoms with Crippen LogP contribution in [-0.4, -0.2) is 33.8 Å². The molecule has 1 rings (SSSR count). The van der Waals surface area contributed by atoms with Crippen molar-refractivity contribution >= 4 is 39.9 Å². The molecule has 0 atom stereocenters. The predicted molar refractivity (Wildman–Crippen MR) is 45.9 cm³/mol. The molecule has 0 amide bonds. The summed E-state index contributed by atoms with van der Waals surface area (Å²) in [7, 11) is 15.8. The SMILES string of the molecule is [B]c1cc([B])c(O)c([B])c1O. The van der Waals surface area contributed by atoms with E-state index >= 15 is 0 Å². The van der Waals surface area contributed by atoms with E-state index in [9.17, 15) is 0 Å². The Morgan fingerprint density at radius 2 is 1.27 bits per heavy atom. The number of phenolic OH excluding ortho intramolecular Hbond substituents is 2. The van der Waals surface area contributed by atoms with Gasteiger partial charge >= 0.3 is 0 Å². The Hall–Kier alpha value is -0.985. The fourth-order valence-corrected chi connectivity index (χ4v) is 0.727. The molecule has 0 bridgehead atoms. The molecule has 0 saturated heterocycles. The Bertz CT molecular complexity index is 272. The zero-order valence-corrected chi connectivity index (χ0v) is 5.70. The highest BCUT2D eigenvalue weighted by molar-refractivity contribution is 6.47. The van der Waals surface area contributed by atoms with E-state index in [0.29, 0.717) is 0 Å². The fraction of sp³-hybridized carbons (Fsp3) is 0. The summed E-state index contributed by atoms with van der Waals surface area (Å²) in [4.78, 5) is 0. The lowest BCUT2D eigenvalue weighted by atomic mass is 9.78. The van der Waals surface area contributed by atoms with E-state index in [-0.39, 0.29) is 27.9 Å². The summed E-state index contributed by atoms with van der Waals surface area (Å²) in [5, 5.41) is 18.1. The van der Waals surface area contributed by atoms with Crippen LogP contribution in [0.25, 0.3) is 0 Å². The lowest BCUT2D eigenvalue weighted by Gasteiger charge is -2.08. The van der Waals surface area contributed by atoms with Crippen molar-refractivity contribution in [3.8, 4) is 11.5 Å². The summed E-state index contributed by atoms with van der Waals surface area (Å²) < 4.78 is 0. The third-order valence-corrected chi connectivity index (χ3v) is 1.37. The molecule has 2 N–H and O–H groups in total. The highest BCUT2D eigenvalue weighted by atomic mass is 16.3. The van der Waals surface area contributed by atoms with Crippen LogP contribution in [0.15, 0.2) is 6.07 Å². The molecular formula is C6H3B3O2. The van der Waals surface area contributed by atoms with Gasteiger partial charge < -0.3 is 10.2 Å². The van der Waals surface area contributed by atoms with Crippen molar-refractivity contribution in [3.63, 3.8) is 0 Å². The summed E-state index contributed by atoms with van der Waals surface area (Å²) >= 11 is 0. The van der Waals surface area contributed by atoms with Crippen LogP contribution in [0.3, 0.4) is 0 Å². The first-order valence-electron chi connectivity index (χ1n) is 2.89. The van der Waals surface area contributed by atoms with Crippen LogP contribution in [0, 0.1) is 0 Å². The minimum atomic E-state index is -0.336. The predicted octanol–water partition coefficient (Wildman–Crippen LogP) is -2.52. The third kappa shape index (κ3) is 1.23. The van der Waals surface area contributed by atoms with Gasteiger partial charge in [0.25, 0.3) is 0 Å². The van der Waals surface area contributed by atoms with Gasteiger partial charge in [0.2, 0.25) is 0 Å². The normalized spacial score (nSPS) is 9.82. The molecule has 0 spiro atoms. The molecule has 0 aliphatic rings. The molecule has 0 aromatic heterocycles. The van der Waals surface area contributed by atoms with Crippen LogP contribution >= 0.6 is 0 Å². The number of hydrogen-bond acceptors (Lipinski definition) is 2. The molecule has 0 unspecified atom stereocenters. The third-order valence-electron chi connectivity index (χ3n) is 1.37. The van der Waals surface area contributed by atoms with Crippen molar-refractivity contribution in [2.75, 3.05) is 0 Å². The Balaban J connectivity index is 3.46. The number of benzene rings is 1.